The van der Waals surface area contributed by atoms with Crippen molar-refractivity contribution in [3.63, 3.8) is 0 Å². The second kappa shape index (κ2) is 5.27. The molecule has 0 saturated carbocycles. The van der Waals surface area contributed by atoms with E-state index in [2.05, 4.69) is 10.3 Å². The Morgan fingerprint density at radius 3 is 2.67 bits per heavy atom. The number of pyridine rings is 1. The third kappa shape index (κ3) is 3.04. The molecule has 2 rings (SSSR count). The first kappa shape index (κ1) is 12.0. The third-order valence-electron chi connectivity index (χ3n) is 2.41. The number of nitrogens with two attached hydrogens (primary N) is 1. The van der Waals surface area contributed by atoms with Gasteiger partial charge in [0.1, 0.15) is 11.6 Å². The number of benzene rings is 1. The number of hydrogen-bond donors (Lipinski definition) is 2. The Balaban J connectivity index is 1.98. The topological polar surface area (TPSA) is 68.0 Å². The van der Waals surface area contributed by atoms with Gasteiger partial charge < -0.3 is 11.1 Å². The van der Waals surface area contributed by atoms with Crippen LogP contribution in [0.2, 0.25) is 0 Å². The van der Waals surface area contributed by atoms with Gasteiger partial charge in [-0.2, -0.15) is 0 Å². The average molecular weight is 245 g/mol. The summed E-state index contributed by atoms with van der Waals surface area (Å²) >= 11 is 0. The van der Waals surface area contributed by atoms with Gasteiger partial charge in [0.05, 0.1) is 0 Å². The van der Waals surface area contributed by atoms with Crippen LogP contribution in [0, 0.1) is 5.82 Å². The molecule has 5 heteroatoms. The zero-order valence-corrected chi connectivity index (χ0v) is 9.56. The van der Waals surface area contributed by atoms with E-state index >= 15 is 0 Å². The van der Waals surface area contributed by atoms with Gasteiger partial charge in [-0.05, 0) is 29.8 Å². The Hall–Kier alpha value is -2.43. The number of carbonyl (C=O) groups excluding carboxylic acids is 1. The molecule has 3 N–H and O–H groups in total. The van der Waals surface area contributed by atoms with Crippen LogP contribution in [0.4, 0.5) is 10.2 Å². The predicted molar refractivity (Wildman–Crippen MR) is 66.2 cm³/mol. The molecule has 0 unspecified atom stereocenters. The minimum atomic E-state index is -0.299. The van der Waals surface area contributed by atoms with E-state index in [1.807, 2.05) is 0 Å². The van der Waals surface area contributed by atoms with Crippen molar-refractivity contribution in [1.82, 2.24) is 10.3 Å². The average Bonchev–Trinajstić information content (AvgIpc) is 2.38. The smallest absolute Gasteiger partial charge is 0.251 e. The van der Waals surface area contributed by atoms with E-state index in [9.17, 15) is 9.18 Å². The van der Waals surface area contributed by atoms with Gasteiger partial charge in [-0.15, -0.1) is 0 Å². The molecule has 92 valence electrons. The lowest BCUT2D eigenvalue weighted by Crippen LogP contribution is -2.22. The summed E-state index contributed by atoms with van der Waals surface area (Å²) in [5.41, 5.74) is 6.76. The highest BCUT2D eigenvalue weighted by molar-refractivity contribution is 5.94. The summed E-state index contributed by atoms with van der Waals surface area (Å²) in [6, 6.07) is 9.03. The first-order chi connectivity index (χ1) is 8.65. The summed E-state index contributed by atoms with van der Waals surface area (Å²) in [5.74, 6) is -0.246. The fourth-order valence-corrected chi connectivity index (χ4v) is 1.48. The van der Waals surface area contributed by atoms with Crippen molar-refractivity contribution < 1.29 is 9.18 Å². The predicted octanol–water partition coefficient (Wildman–Crippen LogP) is 1.73. The van der Waals surface area contributed by atoms with Crippen LogP contribution in [0.15, 0.2) is 42.6 Å². The fraction of sp³-hybridized carbons (Fsp3) is 0.0769. The van der Waals surface area contributed by atoms with Gasteiger partial charge in [0, 0.05) is 18.3 Å². The van der Waals surface area contributed by atoms with Crippen molar-refractivity contribution in [2.24, 2.45) is 0 Å². The van der Waals surface area contributed by atoms with E-state index in [1.54, 1.807) is 18.2 Å². The third-order valence-corrected chi connectivity index (χ3v) is 2.41. The van der Waals surface area contributed by atoms with E-state index in [0.29, 0.717) is 17.9 Å². The monoisotopic (exact) mass is 245 g/mol. The number of nitrogens with zero attached hydrogens (tertiary/aromatic N) is 1. The molecule has 1 aromatic heterocycles. The number of carbonyl (C=O) groups is 1. The second-order valence-corrected chi connectivity index (χ2v) is 3.78. The van der Waals surface area contributed by atoms with Crippen LogP contribution in [0.5, 0.6) is 0 Å². The number of nitrogens with one attached hydrogen (secondary N) is 1. The molecule has 1 heterocycles. The zero-order chi connectivity index (χ0) is 13.0. The normalized spacial score (nSPS) is 10.1. The Labute approximate surface area is 104 Å². The molecule has 0 spiro atoms. The second-order valence-electron chi connectivity index (χ2n) is 3.78. The molecule has 18 heavy (non-hydrogen) atoms. The summed E-state index contributed by atoms with van der Waals surface area (Å²) in [6.45, 7) is 0.335. The number of halogens is 1. The summed E-state index contributed by atoms with van der Waals surface area (Å²) in [4.78, 5) is 15.6. The van der Waals surface area contributed by atoms with Gasteiger partial charge in [-0.25, -0.2) is 9.37 Å². The minimum Gasteiger partial charge on any atom is -0.384 e. The van der Waals surface area contributed by atoms with Crippen molar-refractivity contribution in [1.29, 1.82) is 0 Å². The first-order valence-electron chi connectivity index (χ1n) is 5.39. The SMILES string of the molecule is Nc1cc(C(=O)NCc2ccc(F)cc2)ccn1. The summed E-state index contributed by atoms with van der Waals surface area (Å²) < 4.78 is 12.7. The van der Waals surface area contributed by atoms with Crippen molar-refractivity contribution >= 4 is 11.7 Å². The fourth-order valence-electron chi connectivity index (χ4n) is 1.48. The Kier molecular flexibility index (Phi) is 3.52. The van der Waals surface area contributed by atoms with Crippen molar-refractivity contribution in [2.45, 2.75) is 6.54 Å². The highest BCUT2D eigenvalue weighted by atomic mass is 19.1. The molecule has 1 amide bonds. The molecule has 0 aliphatic rings. The van der Waals surface area contributed by atoms with Gasteiger partial charge >= 0.3 is 0 Å². The lowest BCUT2D eigenvalue weighted by molar-refractivity contribution is 0.0951. The number of nitrogen functional groups attached to an aromatic ring is 1. The molecular weight excluding hydrogens is 233 g/mol. The van der Waals surface area contributed by atoms with Crippen molar-refractivity contribution in [3.8, 4) is 0 Å². The van der Waals surface area contributed by atoms with Crippen LogP contribution >= 0.6 is 0 Å². The molecule has 0 aliphatic carbocycles. The number of amides is 1. The van der Waals surface area contributed by atoms with Gasteiger partial charge in [0.25, 0.3) is 5.91 Å². The van der Waals surface area contributed by atoms with E-state index in [0.717, 1.165) is 5.56 Å². The zero-order valence-electron chi connectivity index (χ0n) is 9.56. The highest BCUT2D eigenvalue weighted by Gasteiger charge is 2.05. The van der Waals surface area contributed by atoms with Crippen LogP contribution in [0.25, 0.3) is 0 Å². The van der Waals surface area contributed by atoms with Crippen LogP contribution in [-0.4, -0.2) is 10.9 Å². The molecule has 4 nitrogen and oxygen atoms in total. The quantitative estimate of drug-likeness (QED) is 0.865. The van der Waals surface area contributed by atoms with Crippen LogP contribution in [0.3, 0.4) is 0 Å². The molecule has 0 atom stereocenters. The molecule has 0 aliphatic heterocycles. The standard InChI is InChI=1S/C13H12FN3O/c14-11-3-1-9(2-4-11)8-17-13(18)10-5-6-16-12(15)7-10/h1-7H,8H2,(H2,15,16)(H,17,18). The van der Waals surface area contributed by atoms with E-state index < -0.39 is 0 Å². The van der Waals surface area contributed by atoms with Crippen molar-refractivity contribution in [2.75, 3.05) is 5.73 Å². The van der Waals surface area contributed by atoms with Crippen LogP contribution in [0.1, 0.15) is 15.9 Å². The maximum Gasteiger partial charge on any atom is 0.251 e. The molecular formula is C13H12FN3O. The summed E-state index contributed by atoms with van der Waals surface area (Å²) in [5, 5.41) is 2.72. The Bertz CT molecular complexity index is 554. The lowest BCUT2D eigenvalue weighted by atomic mass is 10.2. The minimum absolute atomic E-state index is 0.242. The van der Waals surface area contributed by atoms with Gasteiger partial charge in [-0.3, -0.25) is 4.79 Å². The maximum absolute atomic E-state index is 12.7. The largest absolute Gasteiger partial charge is 0.384 e. The molecule has 0 bridgehead atoms. The highest BCUT2D eigenvalue weighted by Crippen LogP contribution is 2.05. The number of hydrogen-bond acceptors (Lipinski definition) is 3. The molecule has 0 radical (unpaired) electrons. The summed E-state index contributed by atoms with van der Waals surface area (Å²) in [7, 11) is 0. The van der Waals surface area contributed by atoms with E-state index in [-0.39, 0.29) is 11.7 Å². The van der Waals surface area contributed by atoms with E-state index in [4.69, 9.17) is 5.73 Å². The summed E-state index contributed by atoms with van der Waals surface area (Å²) in [6.07, 6.45) is 1.47. The van der Waals surface area contributed by atoms with Gasteiger partial charge in [0.2, 0.25) is 0 Å². The first-order valence-corrected chi connectivity index (χ1v) is 5.39. The van der Waals surface area contributed by atoms with Crippen LogP contribution in [-0.2, 0) is 6.54 Å². The number of aromatic nitrogens is 1. The maximum atomic E-state index is 12.7. The molecule has 0 fully saturated rings. The Morgan fingerprint density at radius 1 is 1.28 bits per heavy atom. The Morgan fingerprint density at radius 2 is 2.00 bits per heavy atom. The molecule has 0 saturated heterocycles. The van der Waals surface area contributed by atoms with Crippen molar-refractivity contribution in [3.05, 3.63) is 59.5 Å². The molecule has 1 aromatic carbocycles. The lowest BCUT2D eigenvalue weighted by Gasteiger charge is -2.05. The van der Waals surface area contributed by atoms with Gasteiger partial charge in [-0.1, -0.05) is 12.1 Å². The van der Waals surface area contributed by atoms with Crippen LogP contribution < -0.4 is 11.1 Å². The van der Waals surface area contributed by atoms with E-state index in [1.165, 1.54) is 24.4 Å². The van der Waals surface area contributed by atoms with Gasteiger partial charge in [0.15, 0.2) is 0 Å². The number of rotatable bonds is 3. The number of anilines is 1. The molecule has 2 aromatic rings.